The van der Waals surface area contributed by atoms with Gasteiger partial charge in [-0.25, -0.2) is 4.98 Å². The molecule has 0 fully saturated rings. The van der Waals surface area contributed by atoms with Crippen LogP contribution in [0.25, 0.3) is 11.3 Å². The molecule has 0 bridgehead atoms. The molecule has 1 heterocycles. The van der Waals surface area contributed by atoms with Crippen LogP contribution < -0.4 is 4.74 Å². The lowest BCUT2D eigenvalue weighted by molar-refractivity contribution is 0.415. The second kappa shape index (κ2) is 7.73. The van der Waals surface area contributed by atoms with Gasteiger partial charge in [0.1, 0.15) is 16.7 Å². The minimum atomic E-state index is -0.460. The van der Waals surface area contributed by atoms with Crippen LogP contribution in [0.1, 0.15) is 16.5 Å². The Balaban J connectivity index is 1.79. The number of methoxy groups -OCH3 is 1. The number of nitrogens with zero attached hydrogens (tertiary/aromatic N) is 3. The molecule has 3 aromatic rings. The lowest BCUT2D eigenvalue weighted by Crippen LogP contribution is -1.96. The SMILES string of the molecule is COc1ccc(-c2csc(C(C#N)C=Nc3ccc(C)cc3)n2)cc1. The monoisotopic (exact) mass is 347 g/mol. The fourth-order valence-electron chi connectivity index (χ4n) is 2.27. The third kappa shape index (κ3) is 4.11. The lowest BCUT2D eigenvalue weighted by Gasteiger charge is -2.01. The average Bonchev–Trinajstić information content (AvgIpc) is 3.14. The molecule has 0 saturated heterocycles. The number of ether oxygens (including phenoxy) is 1. The topological polar surface area (TPSA) is 58.3 Å². The summed E-state index contributed by atoms with van der Waals surface area (Å²) >= 11 is 1.47. The maximum atomic E-state index is 9.46. The van der Waals surface area contributed by atoms with Gasteiger partial charge in [0, 0.05) is 17.2 Å². The third-order valence-corrected chi connectivity index (χ3v) is 4.65. The molecule has 1 unspecified atom stereocenters. The van der Waals surface area contributed by atoms with Gasteiger partial charge in [0.05, 0.1) is 24.6 Å². The normalized spacial score (nSPS) is 12.0. The van der Waals surface area contributed by atoms with E-state index in [2.05, 4.69) is 16.0 Å². The van der Waals surface area contributed by atoms with Crippen molar-refractivity contribution in [3.63, 3.8) is 0 Å². The van der Waals surface area contributed by atoms with Gasteiger partial charge in [-0.3, -0.25) is 4.99 Å². The standard InChI is InChI=1S/C20H17N3OS/c1-14-3-7-17(8-4-14)22-12-16(11-21)20-23-19(13-25-20)15-5-9-18(24-2)10-6-15/h3-10,12-13,16H,1-2H3. The van der Waals surface area contributed by atoms with E-state index in [-0.39, 0.29) is 0 Å². The van der Waals surface area contributed by atoms with E-state index in [0.29, 0.717) is 0 Å². The van der Waals surface area contributed by atoms with Crippen LogP contribution in [-0.2, 0) is 0 Å². The van der Waals surface area contributed by atoms with Gasteiger partial charge in [0.2, 0.25) is 0 Å². The summed E-state index contributed by atoms with van der Waals surface area (Å²) in [6.45, 7) is 2.03. The fraction of sp³-hybridized carbons (Fsp3) is 0.150. The molecule has 0 spiro atoms. The van der Waals surface area contributed by atoms with Crippen LogP contribution in [0.3, 0.4) is 0 Å². The van der Waals surface area contributed by atoms with Gasteiger partial charge in [0.15, 0.2) is 0 Å². The molecule has 0 aliphatic heterocycles. The minimum absolute atomic E-state index is 0.460. The van der Waals surface area contributed by atoms with Crippen LogP contribution in [0.2, 0.25) is 0 Å². The van der Waals surface area contributed by atoms with E-state index in [1.54, 1.807) is 13.3 Å². The zero-order chi connectivity index (χ0) is 17.6. The van der Waals surface area contributed by atoms with E-state index in [9.17, 15) is 5.26 Å². The first-order valence-electron chi connectivity index (χ1n) is 7.80. The number of hydrogen-bond donors (Lipinski definition) is 0. The Morgan fingerprint density at radius 2 is 1.88 bits per heavy atom. The van der Waals surface area contributed by atoms with Crippen molar-refractivity contribution < 1.29 is 4.74 Å². The molecular formula is C20H17N3OS. The van der Waals surface area contributed by atoms with Crippen LogP contribution in [0.4, 0.5) is 5.69 Å². The third-order valence-electron chi connectivity index (χ3n) is 3.72. The van der Waals surface area contributed by atoms with Gasteiger partial charge in [0.25, 0.3) is 0 Å². The molecule has 25 heavy (non-hydrogen) atoms. The van der Waals surface area contributed by atoms with Gasteiger partial charge >= 0.3 is 0 Å². The Morgan fingerprint density at radius 3 is 2.52 bits per heavy atom. The maximum absolute atomic E-state index is 9.46. The average molecular weight is 347 g/mol. The molecule has 0 aliphatic carbocycles. The molecule has 0 amide bonds. The summed E-state index contributed by atoms with van der Waals surface area (Å²) in [5.74, 6) is 0.345. The first-order chi connectivity index (χ1) is 12.2. The molecule has 0 aliphatic rings. The number of hydrogen-bond acceptors (Lipinski definition) is 5. The highest BCUT2D eigenvalue weighted by Gasteiger charge is 2.13. The Morgan fingerprint density at radius 1 is 1.16 bits per heavy atom. The van der Waals surface area contributed by atoms with Crippen molar-refractivity contribution in [3.8, 4) is 23.1 Å². The second-order valence-corrected chi connectivity index (χ2v) is 6.41. The summed E-state index contributed by atoms with van der Waals surface area (Å²) in [6.07, 6.45) is 1.65. The number of rotatable bonds is 5. The van der Waals surface area contributed by atoms with Crippen LogP contribution in [0.5, 0.6) is 5.75 Å². The summed E-state index contributed by atoms with van der Waals surface area (Å²) in [7, 11) is 1.64. The molecule has 0 N–H and O–H groups in total. The molecule has 4 nitrogen and oxygen atoms in total. The van der Waals surface area contributed by atoms with Gasteiger partial charge in [-0.1, -0.05) is 17.7 Å². The Kier molecular flexibility index (Phi) is 5.22. The minimum Gasteiger partial charge on any atom is -0.497 e. The summed E-state index contributed by atoms with van der Waals surface area (Å²) in [6, 6.07) is 17.8. The molecule has 3 rings (SSSR count). The van der Waals surface area contributed by atoms with E-state index in [1.165, 1.54) is 16.9 Å². The predicted octanol–water partition coefficient (Wildman–Crippen LogP) is 5.14. The van der Waals surface area contributed by atoms with Gasteiger partial charge in [-0.2, -0.15) is 5.26 Å². The van der Waals surface area contributed by atoms with Crippen molar-refractivity contribution in [3.05, 3.63) is 64.5 Å². The lowest BCUT2D eigenvalue weighted by atomic mass is 10.1. The highest BCUT2D eigenvalue weighted by molar-refractivity contribution is 7.10. The van der Waals surface area contributed by atoms with E-state index in [4.69, 9.17) is 4.74 Å². The quantitative estimate of drug-likeness (QED) is 0.601. The van der Waals surface area contributed by atoms with Crippen molar-refractivity contribution in [1.82, 2.24) is 4.98 Å². The number of nitriles is 1. The van der Waals surface area contributed by atoms with Crippen LogP contribution >= 0.6 is 11.3 Å². The number of aliphatic imine (C=N–C) groups is 1. The van der Waals surface area contributed by atoms with E-state index in [1.807, 2.05) is 60.8 Å². The molecule has 0 saturated carbocycles. The molecule has 1 aromatic heterocycles. The molecular weight excluding hydrogens is 330 g/mol. The predicted molar refractivity (Wildman–Crippen MR) is 102 cm³/mol. The molecule has 2 aromatic carbocycles. The number of aryl methyl sites for hydroxylation is 1. The van der Waals surface area contributed by atoms with Gasteiger partial charge in [-0.05, 0) is 43.3 Å². The zero-order valence-electron chi connectivity index (χ0n) is 14.0. The Hall–Kier alpha value is -2.97. The molecule has 124 valence electrons. The van der Waals surface area contributed by atoms with Crippen molar-refractivity contribution in [2.24, 2.45) is 4.99 Å². The van der Waals surface area contributed by atoms with Crippen molar-refractivity contribution in [2.45, 2.75) is 12.8 Å². The van der Waals surface area contributed by atoms with Crippen LogP contribution in [-0.4, -0.2) is 18.3 Å². The number of thiazole rings is 1. The Labute approximate surface area is 151 Å². The first kappa shape index (κ1) is 16.9. The van der Waals surface area contributed by atoms with E-state index in [0.717, 1.165) is 27.7 Å². The van der Waals surface area contributed by atoms with Gasteiger partial charge < -0.3 is 4.74 Å². The maximum Gasteiger partial charge on any atom is 0.133 e. The summed E-state index contributed by atoms with van der Waals surface area (Å²) in [5.41, 5.74) is 3.86. The van der Waals surface area contributed by atoms with Crippen molar-refractivity contribution >= 4 is 23.2 Å². The highest BCUT2D eigenvalue weighted by Crippen LogP contribution is 2.27. The second-order valence-electron chi connectivity index (χ2n) is 5.52. The smallest absolute Gasteiger partial charge is 0.133 e. The largest absolute Gasteiger partial charge is 0.497 e. The van der Waals surface area contributed by atoms with Gasteiger partial charge in [-0.15, -0.1) is 11.3 Å². The summed E-state index contributed by atoms with van der Waals surface area (Å²) < 4.78 is 5.17. The molecule has 1 atom stereocenters. The van der Waals surface area contributed by atoms with Crippen LogP contribution in [0, 0.1) is 18.3 Å². The van der Waals surface area contributed by atoms with E-state index < -0.39 is 5.92 Å². The highest BCUT2D eigenvalue weighted by atomic mass is 32.1. The zero-order valence-corrected chi connectivity index (χ0v) is 14.8. The van der Waals surface area contributed by atoms with Crippen LogP contribution in [0.15, 0.2) is 58.9 Å². The van der Waals surface area contributed by atoms with Crippen molar-refractivity contribution in [1.29, 1.82) is 5.26 Å². The Bertz CT molecular complexity index is 905. The number of aromatic nitrogens is 1. The fourth-order valence-corrected chi connectivity index (χ4v) is 3.10. The van der Waals surface area contributed by atoms with E-state index >= 15 is 0 Å². The summed E-state index contributed by atoms with van der Waals surface area (Å²) in [5, 5.41) is 12.2. The molecule has 0 radical (unpaired) electrons. The number of benzene rings is 2. The summed E-state index contributed by atoms with van der Waals surface area (Å²) in [4.78, 5) is 9.00. The van der Waals surface area contributed by atoms with Crippen molar-refractivity contribution in [2.75, 3.05) is 7.11 Å². The first-order valence-corrected chi connectivity index (χ1v) is 8.68. The molecule has 5 heteroatoms.